The van der Waals surface area contributed by atoms with Crippen molar-refractivity contribution >= 4 is 5.91 Å². The Labute approximate surface area is 94.5 Å². The molecule has 16 heavy (non-hydrogen) atoms. The van der Waals surface area contributed by atoms with Crippen LogP contribution in [0.5, 0.6) is 0 Å². The number of rotatable bonds is 4. The van der Waals surface area contributed by atoms with Crippen LogP contribution in [0.25, 0.3) is 0 Å². The first-order chi connectivity index (χ1) is 7.57. The average Bonchev–Trinajstić information content (AvgIpc) is 2.29. The Kier molecular flexibility index (Phi) is 4.04. The lowest BCUT2D eigenvalue weighted by molar-refractivity contribution is -0.130. The first-order valence-corrected chi connectivity index (χ1v) is 4.84. The SMILES string of the molecule is C=C(N)N(CN)C(=O)C(N)c1ccccc1. The molecule has 1 aromatic rings. The fourth-order valence-corrected chi connectivity index (χ4v) is 1.32. The van der Waals surface area contributed by atoms with E-state index in [1.807, 2.05) is 18.2 Å². The minimum absolute atomic E-state index is 0.0330. The molecule has 0 aliphatic heterocycles. The van der Waals surface area contributed by atoms with Crippen LogP contribution < -0.4 is 17.2 Å². The van der Waals surface area contributed by atoms with Gasteiger partial charge in [0.15, 0.2) is 0 Å². The summed E-state index contributed by atoms with van der Waals surface area (Å²) < 4.78 is 0. The third kappa shape index (κ3) is 2.59. The van der Waals surface area contributed by atoms with Crippen molar-refractivity contribution in [2.24, 2.45) is 17.2 Å². The number of carbonyl (C=O) groups is 1. The Morgan fingerprint density at radius 2 is 1.94 bits per heavy atom. The maximum Gasteiger partial charge on any atom is 0.250 e. The highest BCUT2D eigenvalue weighted by Gasteiger charge is 2.22. The van der Waals surface area contributed by atoms with Gasteiger partial charge in [-0.3, -0.25) is 9.69 Å². The van der Waals surface area contributed by atoms with Gasteiger partial charge in [0.05, 0.1) is 12.5 Å². The molecule has 0 spiro atoms. The van der Waals surface area contributed by atoms with Gasteiger partial charge in [0, 0.05) is 0 Å². The predicted molar refractivity (Wildman–Crippen MR) is 62.6 cm³/mol. The van der Waals surface area contributed by atoms with E-state index >= 15 is 0 Å². The number of nitrogens with two attached hydrogens (primary N) is 3. The number of hydrogen-bond donors (Lipinski definition) is 3. The quantitative estimate of drug-likeness (QED) is 0.615. The molecule has 1 atom stereocenters. The van der Waals surface area contributed by atoms with Gasteiger partial charge < -0.3 is 17.2 Å². The molecule has 6 N–H and O–H groups in total. The summed E-state index contributed by atoms with van der Waals surface area (Å²) in [6.07, 6.45) is 0. The Hall–Kier alpha value is -1.85. The third-order valence-electron chi connectivity index (χ3n) is 2.22. The zero-order valence-electron chi connectivity index (χ0n) is 8.97. The van der Waals surface area contributed by atoms with Crippen molar-refractivity contribution in [1.82, 2.24) is 4.90 Å². The fourth-order valence-electron chi connectivity index (χ4n) is 1.32. The second-order valence-corrected chi connectivity index (χ2v) is 3.33. The van der Waals surface area contributed by atoms with E-state index in [9.17, 15) is 4.79 Å². The van der Waals surface area contributed by atoms with Crippen molar-refractivity contribution in [2.75, 3.05) is 6.67 Å². The lowest BCUT2D eigenvalue weighted by Crippen LogP contribution is -2.43. The Balaban J connectivity index is 2.86. The van der Waals surface area contributed by atoms with Crippen LogP contribution in [0.2, 0.25) is 0 Å². The van der Waals surface area contributed by atoms with Crippen molar-refractivity contribution in [3.8, 4) is 0 Å². The molecule has 0 radical (unpaired) electrons. The zero-order valence-corrected chi connectivity index (χ0v) is 8.97. The Morgan fingerprint density at radius 1 is 1.38 bits per heavy atom. The summed E-state index contributed by atoms with van der Waals surface area (Å²) in [7, 11) is 0. The molecule has 0 saturated carbocycles. The van der Waals surface area contributed by atoms with Crippen LogP contribution in [0, 0.1) is 0 Å². The normalized spacial score (nSPS) is 11.9. The molecule has 0 bridgehead atoms. The summed E-state index contributed by atoms with van der Waals surface area (Å²) in [6.45, 7) is 3.44. The molecule has 0 aliphatic carbocycles. The molecular weight excluding hydrogens is 204 g/mol. The summed E-state index contributed by atoms with van der Waals surface area (Å²) in [5.41, 5.74) is 17.4. The van der Waals surface area contributed by atoms with Crippen molar-refractivity contribution in [3.05, 3.63) is 48.3 Å². The van der Waals surface area contributed by atoms with Crippen LogP contribution in [0.1, 0.15) is 11.6 Å². The van der Waals surface area contributed by atoms with Gasteiger partial charge in [0.25, 0.3) is 5.91 Å². The van der Waals surface area contributed by atoms with Crippen LogP contribution in [0.4, 0.5) is 0 Å². The summed E-state index contributed by atoms with van der Waals surface area (Å²) in [4.78, 5) is 13.0. The molecule has 0 aliphatic rings. The first-order valence-electron chi connectivity index (χ1n) is 4.84. The van der Waals surface area contributed by atoms with E-state index in [2.05, 4.69) is 6.58 Å². The maximum absolute atomic E-state index is 11.9. The van der Waals surface area contributed by atoms with Crippen molar-refractivity contribution in [3.63, 3.8) is 0 Å². The number of hydrogen-bond acceptors (Lipinski definition) is 4. The van der Waals surface area contributed by atoms with Gasteiger partial charge in [0.2, 0.25) is 0 Å². The molecule has 0 heterocycles. The number of amides is 1. The van der Waals surface area contributed by atoms with Gasteiger partial charge in [-0.2, -0.15) is 0 Å². The van der Waals surface area contributed by atoms with Gasteiger partial charge >= 0.3 is 0 Å². The van der Waals surface area contributed by atoms with E-state index in [-0.39, 0.29) is 18.4 Å². The summed E-state index contributed by atoms with van der Waals surface area (Å²) in [6, 6.07) is 8.25. The highest BCUT2D eigenvalue weighted by molar-refractivity contribution is 5.84. The smallest absolute Gasteiger partial charge is 0.250 e. The molecule has 86 valence electrons. The van der Waals surface area contributed by atoms with Gasteiger partial charge in [-0.05, 0) is 5.56 Å². The van der Waals surface area contributed by atoms with E-state index < -0.39 is 6.04 Å². The Morgan fingerprint density at radius 3 is 2.38 bits per heavy atom. The average molecular weight is 220 g/mol. The zero-order chi connectivity index (χ0) is 12.1. The second-order valence-electron chi connectivity index (χ2n) is 3.33. The third-order valence-corrected chi connectivity index (χ3v) is 2.22. The van der Waals surface area contributed by atoms with Crippen LogP contribution in [0.15, 0.2) is 42.7 Å². The minimum atomic E-state index is -0.773. The molecule has 1 unspecified atom stereocenters. The molecule has 1 rings (SSSR count). The monoisotopic (exact) mass is 220 g/mol. The molecule has 5 nitrogen and oxygen atoms in total. The first kappa shape index (κ1) is 12.2. The highest BCUT2D eigenvalue weighted by Crippen LogP contribution is 2.13. The van der Waals surface area contributed by atoms with Crippen LogP contribution >= 0.6 is 0 Å². The van der Waals surface area contributed by atoms with E-state index in [1.54, 1.807) is 12.1 Å². The van der Waals surface area contributed by atoms with Crippen molar-refractivity contribution in [1.29, 1.82) is 0 Å². The molecular formula is C11H16N4O. The lowest BCUT2D eigenvalue weighted by atomic mass is 10.1. The predicted octanol–water partition coefficient (Wildman–Crippen LogP) is -0.139. The summed E-state index contributed by atoms with van der Waals surface area (Å²) in [5, 5.41) is 0. The van der Waals surface area contributed by atoms with Gasteiger partial charge in [0.1, 0.15) is 6.04 Å². The standard InChI is InChI=1S/C11H16N4O/c1-8(13)15(7-12)11(16)10(14)9-5-3-2-4-6-9/h2-6,10H,1,7,12-14H2. The fraction of sp³-hybridized carbons (Fsp3) is 0.182. The van der Waals surface area contributed by atoms with Crippen LogP contribution in [-0.2, 0) is 4.79 Å². The number of nitrogens with zero attached hydrogens (tertiary/aromatic N) is 1. The van der Waals surface area contributed by atoms with Gasteiger partial charge in [-0.1, -0.05) is 36.9 Å². The molecule has 1 amide bonds. The van der Waals surface area contributed by atoms with E-state index in [1.165, 1.54) is 0 Å². The van der Waals surface area contributed by atoms with Gasteiger partial charge in [-0.15, -0.1) is 0 Å². The molecule has 0 saturated heterocycles. The van der Waals surface area contributed by atoms with Crippen LogP contribution in [0.3, 0.4) is 0 Å². The summed E-state index contributed by atoms with van der Waals surface area (Å²) >= 11 is 0. The van der Waals surface area contributed by atoms with Crippen LogP contribution in [-0.4, -0.2) is 17.5 Å². The van der Waals surface area contributed by atoms with E-state index in [0.29, 0.717) is 5.56 Å². The number of benzene rings is 1. The van der Waals surface area contributed by atoms with Gasteiger partial charge in [-0.25, -0.2) is 0 Å². The van der Waals surface area contributed by atoms with Crippen molar-refractivity contribution in [2.45, 2.75) is 6.04 Å². The molecule has 5 heteroatoms. The largest absolute Gasteiger partial charge is 0.385 e. The minimum Gasteiger partial charge on any atom is -0.385 e. The molecule has 0 aromatic heterocycles. The summed E-state index contributed by atoms with van der Waals surface area (Å²) in [5.74, 6) is -0.264. The Bertz CT molecular complexity index is 377. The highest BCUT2D eigenvalue weighted by atomic mass is 16.2. The molecule has 0 fully saturated rings. The maximum atomic E-state index is 11.9. The molecule has 1 aromatic carbocycles. The van der Waals surface area contributed by atoms with E-state index in [4.69, 9.17) is 17.2 Å². The number of carbonyl (C=O) groups excluding carboxylic acids is 1. The lowest BCUT2D eigenvalue weighted by Gasteiger charge is -2.23. The van der Waals surface area contributed by atoms with E-state index in [0.717, 1.165) is 4.90 Å². The van der Waals surface area contributed by atoms with Crippen molar-refractivity contribution < 1.29 is 4.79 Å². The topological polar surface area (TPSA) is 98.4 Å². The second kappa shape index (κ2) is 5.29.